The van der Waals surface area contributed by atoms with Gasteiger partial charge in [0.2, 0.25) is 0 Å². The van der Waals surface area contributed by atoms with Crippen molar-refractivity contribution in [3.63, 3.8) is 0 Å². The second-order valence-electron chi connectivity index (χ2n) is 5.03. The number of hydrogen-bond donors (Lipinski definition) is 2. The number of ether oxygens (including phenoxy) is 2. The molecular weight excluding hydrogens is 475 g/mol. The lowest BCUT2D eigenvalue weighted by molar-refractivity contribution is 0.0584. The number of anilines is 2. The van der Waals surface area contributed by atoms with Crippen LogP contribution in [0.4, 0.5) is 11.4 Å². The van der Waals surface area contributed by atoms with Crippen molar-refractivity contribution in [2.24, 2.45) is 0 Å². The normalized spacial score (nSPS) is 9.75. The summed E-state index contributed by atoms with van der Waals surface area (Å²) in [7, 11) is 2.53. The van der Waals surface area contributed by atoms with Gasteiger partial charge in [-0.3, -0.25) is 0 Å². The van der Waals surface area contributed by atoms with Gasteiger partial charge in [-0.05, 0) is 34.5 Å². The summed E-state index contributed by atoms with van der Waals surface area (Å²) in [6.45, 7) is 3.58. The number of nitrogens with two attached hydrogens (primary N) is 2. The molecule has 8 nitrogen and oxygen atoms in total. The molecule has 2 aromatic rings. The Balaban J connectivity index is 0.000000283. The van der Waals surface area contributed by atoms with Gasteiger partial charge >= 0.3 is 11.9 Å². The molecule has 0 spiro atoms. The van der Waals surface area contributed by atoms with Crippen molar-refractivity contribution in [3.05, 3.63) is 56.5 Å². The van der Waals surface area contributed by atoms with Crippen molar-refractivity contribution in [1.82, 2.24) is 9.97 Å². The minimum absolute atomic E-state index is 0.0764. The van der Waals surface area contributed by atoms with E-state index in [1.807, 2.05) is 0 Å². The molecule has 0 aliphatic heterocycles. The van der Waals surface area contributed by atoms with E-state index in [2.05, 4.69) is 42.0 Å². The van der Waals surface area contributed by atoms with Crippen molar-refractivity contribution in [2.45, 2.75) is 6.42 Å². The van der Waals surface area contributed by atoms with Crippen LogP contribution in [0.5, 0.6) is 0 Å². The van der Waals surface area contributed by atoms with Crippen LogP contribution in [0.15, 0.2) is 29.3 Å². The van der Waals surface area contributed by atoms with Crippen molar-refractivity contribution < 1.29 is 19.1 Å². The average molecular weight is 492 g/mol. The van der Waals surface area contributed by atoms with Gasteiger partial charge < -0.3 is 20.9 Å². The van der Waals surface area contributed by atoms with E-state index in [0.29, 0.717) is 27.8 Å². The number of aromatic nitrogens is 2. The number of nitrogen functional groups attached to an aromatic ring is 2. The van der Waals surface area contributed by atoms with Crippen LogP contribution in [0.2, 0.25) is 10.3 Å². The predicted molar refractivity (Wildman–Crippen MR) is 112 cm³/mol. The zero-order chi connectivity index (χ0) is 21.4. The highest BCUT2D eigenvalue weighted by Gasteiger charge is 2.17. The maximum Gasteiger partial charge on any atom is 0.357 e. The Morgan fingerprint density at radius 3 is 2.04 bits per heavy atom. The van der Waals surface area contributed by atoms with E-state index in [0.717, 1.165) is 0 Å². The van der Waals surface area contributed by atoms with Gasteiger partial charge in [0.05, 0.1) is 24.4 Å². The molecule has 0 fully saturated rings. The number of allylic oxidation sites excluding steroid dienone is 1. The Morgan fingerprint density at radius 1 is 1.07 bits per heavy atom. The van der Waals surface area contributed by atoms with Gasteiger partial charge in [-0.2, -0.15) is 0 Å². The minimum atomic E-state index is -0.582. The van der Waals surface area contributed by atoms with E-state index < -0.39 is 11.9 Å². The number of esters is 2. The minimum Gasteiger partial charge on any atom is -0.464 e. The van der Waals surface area contributed by atoms with E-state index >= 15 is 0 Å². The first-order chi connectivity index (χ1) is 13.2. The third-order valence-corrected chi connectivity index (χ3v) is 4.41. The van der Waals surface area contributed by atoms with Crippen LogP contribution < -0.4 is 11.5 Å². The van der Waals surface area contributed by atoms with Crippen LogP contribution in [0.25, 0.3) is 0 Å². The molecule has 0 radical (unpaired) electrons. The largest absolute Gasteiger partial charge is 0.464 e. The van der Waals surface area contributed by atoms with Gasteiger partial charge in [-0.15, -0.1) is 6.58 Å². The number of halogens is 3. The van der Waals surface area contributed by atoms with Crippen LogP contribution in [0.3, 0.4) is 0 Å². The van der Waals surface area contributed by atoms with Crippen LogP contribution in [0, 0.1) is 0 Å². The highest BCUT2D eigenvalue weighted by molar-refractivity contribution is 9.10. The average Bonchev–Trinajstić information content (AvgIpc) is 2.65. The van der Waals surface area contributed by atoms with Crippen molar-refractivity contribution in [3.8, 4) is 0 Å². The smallest absolute Gasteiger partial charge is 0.357 e. The molecule has 150 valence electrons. The molecule has 0 unspecified atom stereocenters. The van der Waals surface area contributed by atoms with E-state index in [9.17, 15) is 9.59 Å². The van der Waals surface area contributed by atoms with Gasteiger partial charge in [-0.25, -0.2) is 19.6 Å². The van der Waals surface area contributed by atoms with Gasteiger partial charge in [0, 0.05) is 11.3 Å². The quantitative estimate of drug-likeness (QED) is 0.376. The fourth-order valence-corrected chi connectivity index (χ4v) is 2.70. The van der Waals surface area contributed by atoms with Crippen LogP contribution in [-0.4, -0.2) is 36.1 Å². The first kappa shape index (κ1) is 23.7. The lowest BCUT2D eigenvalue weighted by Crippen LogP contribution is -2.11. The van der Waals surface area contributed by atoms with Gasteiger partial charge in [0.1, 0.15) is 10.3 Å². The molecule has 0 aromatic carbocycles. The number of pyridine rings is 2. The van der Waals surface area contributed by atoms with Crippen LogP contribution in [-0.2, 0) is 15.9 Å². The fourth-order valence-electron chi connectivity index (χ4n) is 1.93. The van der Waals surface area contributed by atoms with Crippen molar-refractivity contribution in [2.75, 3.05) is 25.7 Å². The molecular formula is C17H17BrCl2N4O4. The second kappa shape index (κ2) is 10.8. The van der Waals surface area contributed by atoms with Gasteiger partial charge in [-0.1, -0.05) is 29.3 Å². The first-order valence-electron chi connectivity index (χ1n) is 7.50. The third kappa shape index (κ3) is 6.08. The Bertz CT molecular complexity index is 909. The summed E-state index contributed by atoms with van der Waals surface area (Å²) < 4.78 is 9.46. The molecule has 2 rings (SSSR count). The number of methoxy groups -OCH3 is 2. The van der Waals surface area contributed by atoms with Crippen LogP contribution in [0.1, 0.15) is 26.5 Å². The van der Waals surface area contributed by atoms with Crippen molar-refractivity contribution >= 4 is 62.4 Å². The third-order valence-electron chi connectivity index (χ3n) is 3.19. The Labute approximate surface area is 180 Å². The van der Waals surface area contributed by atoms with Crippen LogP contribution >= 0.6 is 39.1 Å². The summed E-state index contributed by atoms with van der Waals surface area (Å²) in [6.07, 6.45) is 2.08. The monoisotopic (exact) mass is 490 g/mol. The van der Waals surface area contributed by atoms with E-state index in [-0.39, 0.29) is 21.7 Å². The molecule has 0 aliphatic carbocycles. The predicted octanol–water partition coefficient (Wildman–Crippen LogP) is 3.70. The molecule has 0 amide bonds. The molecule has 0 atom stereocenters. The van der Waals surface area contributed by atoms with Gasteiger partial charge in [0.25, 0.3) is 0 Å². The molecule has 4 N–H and O–H groups in total. The number of carbonyl (C=O) groups excluding carboxylic acids is 2. The Hall–Kier alpha value is -2.36. The lowest BCUT2D eigenvalue weighted by Gasteiger charge is -2.08. The summed E-state index contributed by atoms with van der Waals surface area (Å²) >= 11 is 14.4. The summed E-state index contributed by atoms with van der Waals surface area (Å²) in [6, 6.07) is 2.94. The maximum absolute atomic E-state index is 11.4. The summed E-state index contributed by atoms with van der Waals surface area (Å²) in [4.78, 5) is 30.1. The number of nitrogens with zero attached hydrogens (tertiary/aromatic N) is 2. The Morgan fingerprint density at radius 2 is 1.54 bits per heavy atom. The molecule has 2 heterocycles. The van der Waals surface area contributed by atoms with E-state index in [4.69, 9.17) is 34.7 Å². The molecule has 0 saturated carbocycles. The highest BCUT2D eigenvalue weighted by Crippen LogP contribution is 2.25. The SMILES string of the molecule is C=CCc1c(N)cc(Cl)nc1C(=O)OC.COC(=O)c1nc(Cl)cc(N)c1Br. The molecule has 11 heteroatoms. The Kier molecular flexibility index (Phi) is 9.17. The standard InChI is InChI=1S/C10H11ClN2O2.C7H6BrClN2O2/c1-3-4-6-7(12)5-8(11)13-9(6)10(14)15-2;1-13-7(12)6-5(8)3(10)2-4(9)11-6/h3,5H,1,4H2,2H3,(H2,12,13);2H,1H3,(H2,10,11). The zero-order valence-corrected chi connectivity index (χ0v) is 18.1. The lowest BCUT2D eigenvalue weighted by atomic mass is 10.1. The molecule has 2 aromatic heterocycles. The number of carbonyl (C=O) groups is 2. The summed E-state index contributed by atoms with van der Waals surface area (Å²) in [5.41, 5.74) is 12.8. The molecule has 0 bridgehead atoms. The number of hydrogen-bond acceptors (Lipinski definition) is 8. The zero-order valence-electron chi connectivity index (χ0n) is 15.0. The van der Waals surface area contributed by atoms with E-state index in [1.165, 1.54) is 26.4 Å². The van der Waals surface area contributed by atoms with Gasteiger partial charge in [0.15, 0.2) is 11.4 Å². The number of rotatable bonds is 4. The first-order valence-corrected chi connectivity index (χ1v) is 9.05. The topological polar surface area (TPSA) is 130 Å². The van der Waals surface area contributed by atoms with Crippen molar-refractivity contribution in [1.29, 1.82) is 0 Å². The second-order valence-corrected chi connectivity index (χ2v) is 6.60. The molecule has 0 saturated heterocycles. The summed E-state index contributed by atoms with van der Waals surface area (Å²) in [5.74, 6) is -1.14. The van der Waals surface area contributed by atoms with E-state index in [1.54, 1.807) is 6.08 Å². The molecule has 0 aliphatic rings. The molecule has 28 heavy (non-hydrogen) atoms. The summed E-state index contributed by atoms with van der Waals surface area (Å²) in [5, 5.41) is 0.321. The highest BCUT2D eigenvalue weighted by atomic mass is 79.9. The maximum atomic E-state index is 11.4. The fraction of sp³-hybridized carbons (Fsp3) is 0.176.